The van der Waals surface area contributed by atoms with Crippen molar-refractivity contribution in [3.8, 4) is 0 Å². The van der Waals surface area contributed by atoms with Crippen molar-refractivity contribution in [2.45, 2.75) is 6.18 Å². The summed E-state index contributed by atoms with van der Waals surface area (Å²) in [6.07, 6.45) is -4.64. The summed E-state index contributed by atoms with van der Waals surface area (Å²) in [5.41, 5.74) is 0.579. The van der Waals surface area contributed by atoms with Crippen LogP contribution in [0, 0.1) is 0 Å². The number of halogens is 4. The van der Waals surface area contributed by atoms with E-state index in [1.165, 1.54) is 6.07 Å². The van der Waals surface area contributed by atoms with E-state index in [1.54, 1.807) is 30.3 Å². The molecule has 30 heavy (non-hydrogen) atoms. The smallest absolute Gasteiger partial charge is 0.353 e. The lowest BCUT2D eigenvalue weighted by Crippen LogP contribution is -2.49. The number of para-hydroxylation sites is 1. The van der Waals surface area contributed by atoms with Gasteiger partial charge in [0.05, 0.1) is 17.3 Å². The van der Waals surface area contributed by atoms with Crippen LogP contribution in [0.3, 0.4) is 0 Å². The lowest BCUT2D eigenvalue weighted by molar-refractivity contribution is -0.146. The van der Waals surface area contributed by atoms with Crippen molar-refractivity contribution >= 4 is 34.7 Å². The molecule has 158 valence electrons. The molecule has 1 saturated heterocycles. The normalized spacial score (nSPS) is 15.5. The summed E-state index contributed by atoms with van der Waals surface area (Å²) in [6.45, 7) is 2.34. The van der Waals surface area contributed by atoms with Crippen LogP contribution in [0.4, 0.5) is 24.7 Å². The molecule has 1 fully saturated rings. The van der Waals surface area contributed by atoms with Gasteiger partial charge in [0.1, 0.15) is 5.82 Å². The van der Waals surface area contributed by atoms with E-state index in [9.17, 15) is 18.0 Å². The van der Waals surface area contributed by atoms with Gasteiger partial charge in [0.15, 0.2) is 5.65 Å². The van der Waals surface area contributed by atoms with E-state index in [2.05, 4.69) is 20.6 Å². The number of amides is 1. The molecule has 0 aliphatic carbocycles. The summed E-state index contributed by atoms with van der Waals surface area (Å²) in [4.78, 5) is 16.1. The van der Waals surface area contributed by atoms with E-state index < -0.39 is 12.0 Å². The molecule has 3 heterocycles. The maximum absolute atomic E-state index is 13.0. The molecule has 12 heteroatoms. The first-order valence-corrected chi connectivity index (χ1v) is 9.50. The summed E-state index contributed by atoms with van der Waals surface area (Å²) in [5, 5.41) is 14.0. The minimum absolute atomic E-state index is 0.0287. The monoisotopic (exact) mass is 439 g/mol. The average Bonchev–Trinajstić information content (AvgIpc) is 3.14. The number of carbonyl (C=O) groups is 1. The highest BCUT2D eigenvalue weighted by molar-refractivity contribution is 6.33. The number of rotatable bonds is 4. The third-order valence-electron chi connectivity index (χ3n) is 4.71. The van der Waals surface area contributed by atoms with Gasteiger partial charge in [0, 0.05) is 26.2 Å². The SMILES string of the molecule is O=C(CN1CCN(c2ccc3nnc(C(F)(F)F)n3n2)CC1)Nc1ccccc1Cl. The molecule has 3 aromatic rings. The number of alkyl halides is 3. The van der Waals surface area contributed by atoms with Crippen molar-refractivity contribution in [2.24, 2.45) is 0 Å². The summed E-state index contributed by atoms with van der Waals surface area (Å²) >= 11 is 6.05. The number of aromatic nitrogens is 4. The lowest BCUT2D eigenvalue weighted by atomic mass is 10.3. The van der Waals surface area contributed by atoms with Gasteiger partial charge in [0.2, 0.25) is 5.91 Å². The highest BCUT2D eigenvalue weighted by Gasteiger charge is 2.37. The maximum atomic E-state index is 13.0. The maximum Gasteiger partial charge on any atom is 0.453 e. The number of hydrogen-bond donors (Lipinski definition) is 1. The summed E-state index contributed by atoms with van der Waals surface area (Å²) in [7, 11) is 0. The largest absolute Gasteiger partial charge is 0.453 e. The molecular formula is C18H17ClF3N7O. The summed E-state index contributed by atoms with van der Waals surface area (Å²) < 4.78 is 39.9. The topological polar surface area (TPSA) is 78.7 Å². The molecule has 4 rings (SSSR count). The van der Waals surface area contributed by atoms with E-state index in [-0.39, 0.29) is 18.1 Å². The van der Waals surface area contributed by atoms with E-state index in [0.29, 0.717) is 47.2 Å². The number of fused-ring (bicyclic) bond motifs is 1. The molecule has 1 amide bonds. The van der Waals surface area contributed by atoms with Crippen molar-refractivity contribution in [1.29, 1.82) is 0 Å². The fraction of sp³-hybridized carbons (Fsp3) is 0.333. The molecule has 0 unspecified atom stereocenters. The third-order valence-corrected chi connectivity index (χ3v) is 5.04. The van der Waals surface area contributed by atoms with Crippen molar-refractivity contribution in [3.63, 3.8) is 0 Å². The predicted molar refractivity (Wildman–Crippen MR) is 105 cm³/mol. The Labute approximate surface area is 174 Å². The zero-order valence-corrected chi connectivity index (χ0v) is 16.4. The standard InChI is InChI=1S/C18H17ClF3N7O/c19-12-3-1-2-4-13(12)23-16(30)11-27-7-9-28(10-8-27)15-6-5-14-24-25-17(18(20,21)22)29(14)26-15/h1-6H,7-11H2,(H,23,30). The molecule has 0 bridgehead atoms. The van der Waals surface area contributed by atoms with E-state index in [1.807, 2.05) is 9.80 Å². The first kappa shape index (κ1) is 20.4. The number of nitrogens with zero attached hydrogens (tertiary/aromatic N) is 6. The Morgan fingerprint density at radius 3 is 2.50 bits per heavy atom. The van der Waals surface area contributed by atoms with Gasteiger partial charge in [0.25, 0.3) is 5.82 Å². The molecule has 0 atom stereocenters. The van der Waals surface area contributed by atoms with Gasteiger partial charge >= 0.3 is 6.18 Å². The molecule has 1 N–H and O–H groups in total. The fourth-order valence-electron chi connectivity index (χ4n) is 3.22. The molecule has 2 aromatic heterocycles. The van der Waals surface area contributed by atoms with Gasteiger partial charge in [-0.2, -0.15) is 17.7 Å². The quantitative estimate of drug-likeness (QED) is 0.673. The van der Waals surface area contributed by atoms with Crippen molar-refractivity contribution < 1.29 is 18.0 Å². The van der Waals surface area contributed by atoms with E-state index in [4.69, 9.17) is 11.6 Å². The second-order valence-electron chi connectivity index (χ2n) is 6.77. The zero-order valence-electron chi connectivity index (χ0n) is 15.6. The number of carbonyl (C=O) groups excluding carboxylic acids is 1. The molecule has 1 aliphatic heterocycles. The first-order chi connectivity index (χ1) is 14.3. The molecular weight excluding hydrogens is 423 g/mol. The molecule has 8 nitrogen and oxygen atoms in total. The lowest BCUT2D eigenvalue weighted by Gasteiger charge is -2.34. The van der Waals surface area contributed by atoms with Crippen LogP contribution in [-0.4, -0.2) is 63.3 Å². The van der Waals surface area contributed by atoms with Crippen LogP contribution in [0.15, 0.2) is 36.4 Å². The van der Waals surface area contributed by atoms with Crippen LogP contribution >= 0.6 is 11.6 Å². The molecule has 0 radical (unpaired) electrons. The first-order valence-electron chi connectivity index (χ1n) is 9.12. The number of anilines is 2. The van der Waals surface area contributed by atoms with Crippen LogP contribution in [-0.2, 0) is 11.0 Å². The van der Waals surface area contributed by atoms with Crippen molar-refractivity contribution in [3.05, 3.63) is 47.2 Å². The minimum atomic E-state index is -4.64. The summed E-state index contributed by atoms with van der Waals surface area (Å²) in [6, 6.07) is 10.0. The van der Waals surface area contributed by atoms with Crippen molar-refractivity contribution in [1.82, 2.24) is 24.7 Å². The second kappa shape index (κ2) is 8.07. The van der Waals surface area contributed by atoms with Gasteiger partial charge < -0.3 is 10.2 Å². The molecule has 0 spiro atoms. The Balaban J connectivity index is 1.37. The van der Waals surface area contributed by atoms with Gasteiger partial charge in [-0.05, 0) is 24.3 Å². The summed E-state index contributed by atoms with van der Waals surface area (Å²) in [5.74, 6) is -0.947. The van der Waals surface area contributed by atoms with Gasteiger partial charge in [-0.3, -0.25) is 9.69 Å². The van der Waals surface area contributed by atoms with Gasteiger partial charge in [-0.25, -0.2) is 0 Å². The van der Waals surface area contributed by atoms with Crippen LogP contribution in [0.25, 0.3) is 5.65 Å². The number of benzene rings is 1. The molecule has 0 saturated carbocycles. The zero-order chi connectivity index (χ0) is 21.3. The van der Waals surface area contributed by atoms with Crippen LogP contribution < -0.4 is 10.2 Å². The van der Waals surface area contributed by atoms with Crippen LogP contribution in [0.1, 0.15) is 5.82 Å². The van der Waals surface area contributed by atoms with Crippen LogP contribution in [0.5, 0.6) is 0 Å². The Morgan fingerprint density at radius 2 is 1.80 bits per heavy atom. The Kier molecular flexibility index (Phi) is 5.48. The Morgan fingerprint density at radius 1 is 1.07 bits per heavy atom. The Bertz CT molecular complexity index is 1060. The number of hydrogen-bond acceptors (Lipinski definition) is 6. The second-order valence-corrected chi connectivity index (χ2v) is 7.18. The van der Waals surface area contributed by atoms with E-state index in [0.717, 1.165) is 0 Å². The third kappa shape index (κ3) is 4.31. The fourth-order valence-corrected chi connectivity index (χ4v) is 3.40. The predicted octanol–water partition coefficient (Wildman–Crippen LogP) is 2.56. The number of piperazine rings is 1. The Hall–Kier alpha value is -2.92. The highest BCUT2D eigenvalue weighted by atomic mass is 35.5. The van der Waals surface area contributed by atoms with Crippen molar-refractivity contribution in [2.75, 3.05) is 42.9 Å². The van der Waals surface area contributed by atoms with E-state index >= 15 is 0 Å². The van der Waals surface area contributed by atoms with Gasteiger partial charge in [-0.1, -0.05) is 23.7 Å². The number of nitrogens with one attached hydrogen (secondary N) is 1. The average molecular weight is 440 g/mol. The van der Waals surface area contributed by atoms with Crippen LogP contribution in [0.2, 0.25) is 5.02 Å². The molecule has 1 aliphatic rings. The highest BCUT2D eigenvalue weighted by Crippen LogP contribution is 2.28. The van der Waals surface area contributed by atoms with Gasteiger partial charge in [-0.15, -0.1) is 15.3 Å². The molecule has 1 aromatic carbocycles. The minimum Gasteiger partial charge on any atom is -0.353 e.